The topological polar surface area (TPSA) is 52.7 Å². The van der Waals surface area contributed by atoms with Crippen LogP contribution in [0.3, 0.4) is 0 Å². The van der Waals surface area contributed by atoms with Crippen LogP contribution in [0.15, 0.2) is 12.2 Å². The van der Waals surface area contributed by atoms with Gasteiger partial charge in [0.2, 0.25) is 11.8 Å². The molecule has 1 aliphatic carbocycles. The number of allylic oxidation sites excluding steroid dienone is 2. The van der Waals surface area contributed by atoms with Crippen molar-refractivity contribution >= 4 is 11.8 Å². The SMILES string of the molecule is CCCCCCCC/C=C\CCCCCCCC(=O)N(CCCN(C)C)C(CCCCCCCCCCC)C(=O)NC1CCCCCC1. The van der Waals surface area contributed by atoms with Crippen LogP contribution in [0.25, 0.3) is 0 Å². The van der Waals surface area contributed by atoms with Gasteiger partial charge in [0.15, 0.2) is 0 Å². The Hall–Kier alpha value is -1.36. The molecule has 0 aromatic carbocycles. The van der Waals surface area contributed by atoms with E-state index in [9.17, 15) is 9.59 Å². The van der Waals surface area contributed by atoms with Crippen LogP contribution in [0.5, 0.6) is 0 Å². The number of amides is 2. The first-order chi connectivity index (χ1) is 23.5. The Bertz CT molecular complexity index is 759. The van der Waals surface area contributed by atoms with E-state index in [1.165, 1.54) is 141 Å². The highest BCUT2D eigenvalue weighted by Gasteiger charge is 2.30. The van der Waals surface area contributed by atoms with Gasteiger partial charge in [-0.25, -0.2) is 0 Å². The molecule has 0 spiro atoms. The molecule has 1 rings (SSSR count). The van der Waals surface area contributed by atoms with Crippen LogP contribution in [0.2, 0.25) is 0 Å². The van der Waals surface area contributed by atoms with Crippen LogP contribution in [0.1, 0.15) is 213 Å². The van der Waals surface area contributed by atoms with E-state index < -0.39 is 0 Å². The summed E-state index contributed by atoms with van der Waals surface area (Å²) in [7, 11) is 4.19. The fourth-order valence-electron chi connectivity index (χ4n) is 7.30. The Morgan fingerprint density at radius 3 is 1.60 bits per heavy atom. The Labute approximate surface area is 300 Å². The van der Waals surface area contributed by atoms with E-state index in [0.29, 0.717) is 13.0 Å². The molecule has 5 heteroatoms. The minimum absolute atomic E-state index is 0.115. The van der Waals surface area contributed by atoms with Gasteiger partial charge in [-0.05, 0) is 78.4 Å². The second-order valence-corrected chi connectivity index (χ2v) is 15.4. The summed E-state index contributed by atoms with van der Waals surface area (Å²) < 4.78 is 0. The highest BCUT2D eigenvalue weighted by molar-refractivity contribution is 5.87. The van der Waals surface area contributed by atoms with Crippen molar-refractivity contribution in [2.75, 3.05) is 27.2 Å². The molecule has 282 valence electrons. The maximum atomic E-state index is 13.9. The first-order valence-electron chi connectivity index (χ1n) is 21.4. The molecule has 0 aromatic rings. The lowest BCUT2D eigenvalue weighted by Crippen LogP contribution is -2.52. The number of carbonyl (C=O) groups excluding carboxylic acids is 2. The van der Waals surface area contributed by atoms with Gasteiger partial charge >= 0.3 is 0 Å². The number of nitrogens with one attached hydrogen (secondary N) is 1. The van der Waals surface area contributed by atoms with Crippen LogP contribution >= 0.6 is 0 Å². The lowest BCUT2D eigenvalue weighted by Gasteiger charge is -2.33. The van der Waals surface area contributed by atoms with E-state index in [-0.39, 0.29) is 23.9 Å². The molecule has 0 aromatic heterocycles. The van der Waals surface area contributed by atoms with E-state index in [1.807, 2.05) is 4.90 Å². The van der Waals surface area contributed by atoms with Crippen LogP contribution in [-0.2, 0) is 9.59 Å². The van der Waals surface area contributed by atoms with Crippen molar-refractivity contribution < 1.29 is 9.59 Å². The first-order valence-corrected chi connectivity index (χ1v) is 21.4. The summed E-state index contributed by atoms with van der Waals surface area (Å²) in [5.41, 5.74) is 0. The van der Waals surface area contributed by atoms with Crippen molar-refractivity contribution in [2.45, 2.75) is 225 Å². The minimum atomic E-state index is -0.324. The van der Waals surface area contributed by atoms with E-state index in [0.717, 1.165) is 57.9 Å². The zero-order chi connectivity index (χ0) is 34.9. The predicted octanol–water partition coefficient (Wildman–Crippen LogP) is 11.9. The fraction of sp³-hybridized carbons (Fsp3) is 0.907. The summed E-state index contributed by atoms with van der Waals surface area (Å²) in [6, 6.07) is -0.0506. The number of carbonyl (C=O) groups is 2. The molecule has 1 N–H and O–H groups in total. The zero-order valence-electron chi connectivity index (χ0n) is 32.9. The number of rotatable bonds is 32. The normalized spacial score (nSPS) is 14.9. The van der Waals surface area contributed by atoms with Crippen LogP contribution in [0, 0.1) is 0 Å². The largest absolute Gasteiger partial charge is 0.352 e. The lowest BCUT2D eigenvalue weighted by atomic mass is 10.0. The van der Waals surface area contributed by atoms with E-state index in [2.05, 4.69) is 50.3 Å². The first kappa shape index (κ1) is 44.7. The van der Waals surface area contributed by atoms with Gasteiger partial charge in [0.25, 0.3) is 0 Å². The summed E-state index contributed by atoms with van der Waals surface area (Å²) in [5, 5.41) is 3.45. The maximum absolute atomic E-state index is 13.9. The van der Waals surface area contributed by atoms with Crippen LogP contribution in [-0.4, -0.2) is 60.9 Å². The highest BCUT2D eigenvalue weighted by Crippen LogP contribution is 2.21. The summed E-state index contributed by atoms with van der Waals surface area (Å²) >= 11 is 0. The molecule has 1 aliphatic rings. The fourth-order valence-corrected chi connectivity index (χ4v) is 7.30. The van der Waals surface area contributed by atoms with Gasteiger partial charge in [0, 0.05) is 19.0 Å². The van der Waals surface area contributed by atoms with Gasteiger partial charge in [0.05, 0.1) is 0 Å². The second kappa shape index (κ2) is 32.8. The van der Waals surface area contributed by atoms with Crippen molar-refractivity contribution in [1.82, 2.24) is 15.1 Å². The molecule has 0 heterocycles. The van der Waals surface area contributed by atoms with E-state index >= 15 is 0 Å². The number of unbranched alkanes of at least 4 members (excludes halogenated alkanes) is 19. The zero-order valence-corrected chi connectivity index (χ0v) is 32.9. The second-order valence-electron chi connectivity index (χ2n) is 15.4. The molecule has 5 nitrogen and oxygen atoms in total. The molecule has 0 saturated heterocycles. The van der Waals surface area contributed by atoms with E-state index in [1.54, 1.807) is 0 Å². The lowest BCUT2D eigenvalue weighted by molar-refractivity contribution is -0.141. The van der Waals surface area contributed by atoms with Gasteiger partial charge in [-0.3, -0.25) is 9.59 Å². The van der Waals surface area contributed by atoms with Crippen molar-refractivity contribution in [1.29, 1.82) is 0 Å². The third kappa shape index (κ3) is 25.6. The molecular weight excluding hydrogens is 590 g/mol. The van der Waals surface area contributed by atoms with E-state index in [4.69, 9.17) is 0 Å². The summed E-state index contributed by atoms with van der Waals surface area (Å²) in [6.07, 6.45) is 42.0. The molecule has 48 heavy (non-hydrogen) atoms. The third-order valence-electron chi connectivity index (χ3n) is 10.4. The Morgan fingerprint density at radius 2 is 1.08 bits per heavy atom. The average Bonchev–Trinajstić information content (AvgIpc) is 3.34. The van der Waals surface area contributed by atoms with Gasteiger partial charge in [-0.1, -0.05) is 161 Å². The average molecular weight is 674 g/mol. The molecule has 1 unspecified atom stereocenters. The third-order valence-corrected chi connectivity index (χ3v) is 10.4. The molecular formula is C43H83N3O2. The maximum Gasteiger partial charge on any atom is 0.243 e. The van der Waals surface area contributed by atoms with Crippen LogP contribution in [0.4, 0.5) is 0 Å². The van der Waals surface area contributed by atoms with Crippen molar-refractivity contribution in [3.8, 4) is 0 Å². The molecule has 1 saturated carbocycles. The molecule has 1 atom stereocenters. The molecule has 2 amide bonds. The summed E-state index contributed by atoms with van der Waals surface area (Å²) in [4.78, 5) is 32.0. The standard InChI is InChI=1S/C43H83N3O2/c1-5-7-9-11-13-15-16-17-18-19-20-22-24-26-32-37-42(47)46(39-33-38-45(3)4)41(36-31-25-23-21-14-12-10-8-6-2)43(48)44-40-34-29-27-28-30-35-40/h17-18,40-41H,5-16,19-39H2,1-4H3,(H,44,48)/b18-17-. The Balaban J connectivity index is 2.59. The molecule has 0 aliphatic heterocycles. The summed E-state index contributed by atoms with van der Waals surface area (Å²) in [5.74, 6) is 0.313. The van der Waals surface area contributed by atoms with Gasteiger partial charge in [0.1, 0.15) is 6.04 Å². The smallest absolute Gasteiger partial charge is 0.243 e. The summed E-state index contributed by atoms with van der Waals surface area (Å²) in [6.45, 7) is 6.17. The number of nitrogens with zero attached hydrogens (tertiary/aromatic N) is 2. The van der Waals surface area contributed by atoms with Crippen molar-refractivity contribution in [3.05, 3.63) is 12.2 Å². The van der Waals surface area contributed by atoms with Gasteiger partial charge in [-0.2, -0.15) is 0 Å². The number of hydrogen-bond donors (Lipinski definition) is 1. The van der Waals surface area contributed by atoms with Gasteiger partial charge < -0.3 is 15.1 Å². The minimum Gasteiger partial charge on any atom is -0.352 e. The molecule has 0 radical (unpaired) electrons. The molecule has 0 bridgehead atoms. The Kier molecular flexibility index (Phi) is 30.5. The highest BCUT2D eigenvalue weighted by atomic mass is 16.2. The molecule has 1 fully saturated rings. The quantitative estimate of drug-likeness (QED) is 0.0439. The van der Waals surface area contributed by atoms with Crippen LogP contribution < -0.4 is 5.32 Å². The monoisotopic (exact) mass is 674 g/mol. The van der Waals surface area contributed by atoms with Crippen molar-refractivity contribution in [2.24, 2.45) is 0 Å². The predicted molar refractivity (Wildman–Crippen MR) is 210 cm³/mol. The number of hydrogen-bond acceptors (Lipinski definition) is 3. The Morgan fingerprint density at radius 1 is 0.604 bits per heavy atom. The van der Waals surface area contributed by atoms with Crippen molar-refractivity contribution in [3.63, 3.8) is 0 Å². The van der Waals surface area contributed by atoms with Gasteiger partial charge in [-0.15, -0.1) is 0 Å².